The third-order valence-electron chi connectivity index (χ3n) is 5.70. The second-order valence-electron chi connectivity index (χ2n) is 7.91. The van der Waals surface area contributed by atoms with E-state index in [4.69, 9.17) is 9.47 Å². The number of fused-ring (bicyclic) bond motifs is 2. The van der Waals surface area contributed by atoms with Crippen LogP contribution >= 0.6 is 0 Å². The predicted octanol–water partition coefficient (Wildman–Crippen LogP) is 3.73. The number of nitrogens with one attached hydrogen (secondary N) is 1. The molecule has 152 valence electrons. The van der Waals surface area contributed by atoms with Crippen LogP contribution in [0, 0.1) is 6.92 Å². The summed E-state index contributed by atoms with van der Waals surface area (Å²) in [7, 11) is 0. The Balaban J connectivity index is 1.45. The Bertz CT molecular complexity index is 956. The number of hydrogen-bond acceptors (Lipinski definition) is 4. The van der Waals surface area contributed by atoms with Crippen molar-refractivity contribution in [3.8, 4) is 11.5 Å². The molecule has 2 aliphatic rings. The zero-order valence-electron chi connectivity index (χ0n) is 17.0. The summed E-state index contributed by atoms with van der Waals surface area (Å²) in [5.74, 6) is 1.60. The lowest BCUT2D eigenvalue weighted by atomic mass is 9.84. The average Bonchev–Trinajstić information content (AvgIpc) is 2.93. The van der Waals surface area contributed by atoms with Crippen LogP contribution in [0.3, 0.4) is 0 Å². The summed E-state index contributed by atoms with van der Waals surface area (Å²) in [4.78, 5) is 27.0. The van der Waals surface area contributed by atoms with Crippen molar-refractivity contribution in [3.63, 3.8) is 0 Å². The van der Waals surface area contributed by atoms with Gasteiger partial charge < -0.3 is 14.8 Å². The van der Waals surface area contributed by atoms with Gasteiger partial charge in [-0.2, -0.15) is 0 Å². The number of nitrogens with zero attached hydrogens (tertiary/aromatic N) is 1. The van der Waals surface area contributed by atoms with Crippen LogP contribution in [0.4, 0.5) is 4.79 Å². The Kier molecular flexibility index (Phi) is 4.94. The van der Waals surface area contributed by atoms with E-state index in [0.29, 0.717) is 30.3 Å². The van der Waals surface area contributed by atoms with E-state index in [2.05, 4.69) is 32.2 Å². The Labute approximate surface area is 170 Å². The van der Waals surface area contributed by atoms with E-state index < -0.39 is 5.54 Å². The van der Waals surface area contributed by atoms with Gasteiger partial charge in [-0.25, -0.2) is 4.79 Å². The third kappa shape index (κ3) is 3.33. The lowest BCUT2D eigenvalue weighted by Crippen LogP contribution is -2.47. The molecule has 1 fully saturated rings. The number of ether oxygens (including phenoxy) is 2. The number of urea groups is 1. The van der Waals surface area contributed by atoms with E-state index in [9.17, 15) is 9.59 Å². The molecule has 2 aliphatic heterocycles. The number of hydrogen-bond donors (Lipinski definition) is 1. The topological polar surface area (TPSA) is 67.9 Å². The van der Waals surface area contributed by atoms with E-state index in [0.717, 1.165) is 5.75 Å². The number of para-hydroxylation sites is 1. The first kappa shape index (κ1) is 19.3. The number of imide groups is 1. The molecule has 1 atom stereocenters. The maximum Gasteiger partial charge on any atom is 0.325 e. The number of benzene rings is 2. The van der Waals surface area contributed by atoms with Crippen LogP contribution in [-0.4, -0.2) is 36.6 Å². The molecule has 1 saturated heterocycles. The van der Waals surface area contributed by atoms with Crippen LogP contribution in [0.2, 0.25) is 0 Å². The fourth-order valence-electron chi connectivity index (χ4n) is 4.22. The van der Waals surface area contributed by atoms with Crippen LogP contribution in [0.5, 0.6) is 11.5 Å². The van der Waals surface area contributed by atoms with Gasteiger partial charge in [0.05, 0.1) is 13.2 Å². The molecule has 6 nitrogen and oxygen atoms in total. The fourth-order valence-corrected chi connectivity index (χ4v) is 4.22. The van der Waals surface area contributed by atoms with Gasteiger partial charge in [-0.05, 0) is 42.2 Å². The molecule has 29 heavy (non-hydrogen) atoms. The summed E-state index contributed by atoms with van der Waals surface area (Å²) < 4.78 is 11.5. The highest BCUT2D eigenvalue weighted by Gasteiger charge is 2.54. The lowest BCUT2D eigenvalue weighted by Gasteiger charge is -2.33. The highest BCUT2D eigenvalue weighted by molar-refractivity contribution is 6.08. The Morgan fingerprint density at radius 2 is 2.00 bits per heavy atom. The molecule has 1 unspecified atom stereocenters. The molecule has 3 amide bonds. The molecule has 0 aliphatic carbocycles. The van der Waals surface area contributed by atoms with Gasteiger partial charge in [0.2, 0.25) is 0 Å². The normalized spacial score (nSPS) is 20.6. The van der Waals surface area contributed by atoms with Crippen molar-refractivity contribution in [2.45, 2.75) is 38.6 Å². The van der Waals surface area contributed by atoms with E-state index in [1.54, 1.807) is 0 Å². The molecule has 0 saturated carbocycles. The van der Waals surface area contributed by atoms with E-state index in [1.165, 1.54) is 16.0 Å². The monoisotopic (exact) mass is 394 g/mol. The molecule has 0 radical (unpaired) electrons. The average molecular weight is 394 g/mol. The number of carbonyl (C=O) groups excluding carboxylic acids is 2. The van der Waals surface area contributed by atoms with Gasteiger partial charge in [-0.1, -0.05) is 38.1 Å². The van der Waals surface area contributed by atoms with E-state index >= 15 is 0 Å². The molecule has 6 heteroatoms. The van der Waals surface area contributed by atoms with E-state index in [-0.39, 0.29) is 25.1 Å². The number of rotatable bonds is 5. The molecular formula is C23H26N2O4. The van der Waals surface area contributed by atoms with Crippen molar-refractivity contribution in [1.82, 2.24) is 10.2 Å². The highest BCUT2D eigenvalue weighted by atomic mass is 16.5. The standard InChI is InChI=1S/C23H26N2O4/c1-15(2)18-9-8-17(14-16(18)3)28-13-11-25-21(26)23(24-22(25)27)10-12-29-20-7-5-4-6-19(20)23/h4-9,14-15H,10-13H2,1-3H3,(H,24,27). The summed E-state index contributed by atoms with van der Waals surface area (Å²) in [6, 6.07) is 13.0. The first-order valence-corrected chi connectivity index (χ1v) is 10.0. The Morgan fingerprint density at radius 3 is 2.76 bits per heavy atom. The summed E-state index contributed by atoms with van der Waals surface area (Å²) in [6.45, 7) is 7.20. The minimum Gasteiger partial charge on any atom is -0.493 e. The van der Waals surface area contributed by atoms with Gasteiger partial charge in [-0.15, -0.1) is 0 Å². The summed E-state index contributed by atoms with van der Waals surface area (Å²) in [5.41, 5.74) is 2.13. The highest BCUT2D eigenvalue weighted by Crippen LogP contribution is 2.40. The van der Waals surface area contributed by atoms with Crippen LogP contribution < -0.4 is 14.8 Å². The van der Waals surface area contributed by atoms with Crippen molar-refractivity contribution in [3.05, 3.63) is 59.2 Å². The molecule has 1 N–H and O–H groups in total. The van der Waals surface area contributed by atoms with Crippen molar-refractivity contribution in [2.24, 2.45) is 0 Å². The number of carbonyl (C=O) groups is 2. The van der Waals surface area contributed by atoms with Gasteiger partial charge in [0.15, 0.2) is 5.54 Å². The molecule has 0 bridgehead atoms. The molecule has 2 aromatic carbocycles. The Hall–Kier alpha value is -3.02. The number of aryl methyl sites for hydroxylation is 1. The van der Waals surface area contributed by atoms with Crippen molar-refractivity contribution < 1.29 is 19.1 Å². The van der Waals surface area contributed by atoms with Crippen LogP contribution in [-0.2, 0) is 10.3 Å². The van der Waals surface area contributed by atoms with Gasteiger partial charge >= 0.3 is 6.03 Å². The molecular weight excluding hydrogens is 368 g/mol. The van der Waals surface area contributed by atoms with Gasteiger partial charge in [0, 0.05) is 12.0 Å². The van der Waals surface area contributed by atoms with Crippen LogP contribution in [0.25, 0.3) is 0 Å². The van der Waals surface area contributed by atoms with Crippen molar-refractivity contribution >= 4 is 11.9 Å². The molecule has 1 spiro atoms. The largest absolute Gasteiger partial charge is 0.493 e. The van der Waals surface area contributed by atoms with Crippen molar-refractivity contribution in [1.29, 1.82) is 0 Å². The minimum absolute atomic E-state index is 0.195. The predicted molar refractivity (Wildman–Crippen MR) is 109 cm³/mol. The van der Waals surface area contributed by atoms with Crippen LogP contribution in [0.15, 0.2) is 42.5 Å². The van der Waals surface area contributed by atoms with Gasteiger partial charge in [0.1, 0.15) is 18.1 Å². The van der Waals surface area contributed by atoms with Gasteiger partial charge in [-0.3, -0.25) is 9.69 Å². The second kappa shape index (κ2) is 7.43. The Morgan fingerprint density at radius 1 is 1.21 bits per heavy atom. The second-order valence-corrected chi connectivity index (χ2v) is 7.91. The smallest absolute Gasteiger partial charge is 0.325 e. The molecule has 0 aromatic heterocycles. The maximum atomic E-state index is 13.2. The first-order valence-electron chi connectivity index (χ1n) is 10.0. The fraction of sp³-hybridized carbons (Fsp3) is 0.391. The lowest BCUT2D eigenvalue weighted by molar-refractivity contribution is -0.132. The number of amides is 3. The minimum atomic E-state index is -1.04. The third-order valence-corrected chi connectivity index (χ3v) is 5.70. The zero-order valence-corrected chi connectivity index (χ0v) is 17.0. The van der Waals surface area contributed by atoms with Gasteiger partial charge in [0.25, 0.3) is 5.91 Å². The zero-order chi connectivity index (χ0) is 20.6. The quantitative estimate of drug-likeness (QED) is 0.785. The summed E-state index contributed by atoms with van der Waals surface area (Å²) >= 11 is 0. The summed E-state index contributed by atoms with van der Waals surface area (Å²) in [6.07, 6.45) is 0.418. The SMILES string of the molecule is Cc1cc(OCCN2C(=O)NC3(CCOc4ccccc43)C2=O)ccc1C(C)C. The van der Waals surface area contributed by atoms with Crippen molar-refractivity contribution in [2.75, 3.05) is 19.8 Å². The first-order chi connectivity index (χ1) is 13.9. The van der Waals surface area contributed by atoms with E-state index in [1.807, 2.05) is 36.4 Å². The molecule has 4 rings (SSSR count). The molecule has 2 heterocycles. The summed E-state index contributed by atoms with van der Waals surface area (Å²) in [5, 5.41) is 2.90. The van der Waals surface area contributed by atoms with Crippen LogP contribution in [0.1, 0.15) is 42.9 Å². The maximum absolute atomic E-state index is 13.2. The molecule has 2 aromatic rings.